The van der Waals surface area contributed by atoms with E-state index in [1.807, 2.05) is 0 Å². The SMILES string of the molecule is C#CCSCCNC(=O)COC1CCNCC1. The first-order valence-electron chi connectivity index (χ1n) is 5.93. The first kappa shape index (κ1) is 14.4. The van der Waals surface area contributed by atoms with Crippen molar-refractivity contribution in [3.05, 3.63) is 0 Å². The summed E-state index contributed by atoms with van der Waals surface area (Å²) in [6, 6.07) is 0. The lowest BCUT2D eigenvalue weighted by atomic mass is 10.1. The molecule has 0 aromatic carbocycles. The number of hydrogen-bond donors (Lipinski definition) is 2. The topological polar surface area (TPSA) is 50.4 Å². The molecule has 1 amide bonds. The zero-order chi connectivity index (χ0) is 12.3. The van der Waals surface area contributed by atoms with Crippen LogP contribution in [-0.4, -0.2) is 49.8 Å². The average molecular weight is 256 g/mol. The summed E-state index contributed by atoms with van der Waals surface area (Å²) in [5.74, 6) is 4.05. The molecule has 1 heterocycles. The predicted octanol–water partition coefficient (Wildman–Crippen LogP) is 0.238. The second-order valence-corrected chi connectivity index (χ2v) is 4.97. The Morgan fingerprint density at radius 2 is 2.29 bits per heavy atom. The zero-order valence-electron chi connectivity index (χ0n) is 10.0. The molecule has 1 saturated heterocycles. The molecule has 0 saturated carbocycles. The largest absolute Gasteiger partial charge is 0.368 e. The fraction of sp³-hybridized carbons (Fsp3) is 0.750. The summed E-state index contributed by atoms with van der Waals surface area (Å²) in [4.78, 5) is 11.4. The molecule has 0 radical (unpaired) electrons. The standard InChI is InChI=1S/C12H20N2O2S/c1-2-8-17-9-7-14-12(15)10-16-11-3-5-13-6-4-11/h1,11,13H,3-10H2,(H,14,15). The summed E-state index contributed by atoms with van der Waals surface area (Å²) in [6.45, 7) is 2.79. The average Bonchev–Trinajstić information content (AvgIpc) is 2.37. The number of hydrogen-bond acceptors (Lipinski definition) is 4. The third-order valence-electron chi connectivity index (χ3n) is 2.49. The minimum absolute atomic E-state index is 0.0372. The van der Waals surface area contributed by atoms with Crippen LogP contribution in [-0.2, 0) is 9.53 Å². The molecule has 1 fully saturated rings. The van der Waals surface area contributed by atoms with Gasteiger partial charge < -0.3 is 15.4 Å². The van der Waals surface area contributed by atoms with Crippen molar-refractivity contribution in [2.75, 3.05) is 37.7 Å². The highest BCUT2D eigenvalue weighted by Crippen LogP contribution is 2.06. The molecule has 0 atom stereocenters. The van der Waals surface area contributed by atoms with E-state index >= 15 is 0 Å². The number of rotatable bonds is 7. The minimum atomic E-state index is -0.0372. The lowest BCUT2D eigenvalue weighted by Crippen LogP contribution is -2.36. The van der Waals surface area contributed by atoms with Crippen LogP contribution in [0.1, 0.15) is 12.8 Å². The Hall–Kier alpha value is -0.700. The Morgan fingerprint density at radius 1 is 1.53 bits per heavy atom. The smallest absolute Gasteiger partial charge is 0.246 e. The van der Waals surface area contributed by atoms with Gasteiger partial charge in [0.05, 0.1) is 11.9 Å². The van der Waals surface area contributed by atoms with Crippen LogP contribution in [0.2, 0.25) is 0 Å². The van der Waals surface area contributed by atoms with E-state index in [4.69, 9.17) is 11.2 Å². The molecular weight excluding hydrogens is 236 g/mol. The molecule has 0 spiro atoms. The summed E-state index contributed by atoms with van der Waals surface area (Å²) < 4.78 is 5.53. The fourth-order valence-electron chi connectivity index (χ4n) is 1.60. The van der Waals surface area contributed by atoms with E-state index in [0.717, 1.165) is 31.7 Å². The number of thioether (sulfide) groups is 1. The molecule has 5 heteroatoms. The molecular formula is C12H20N2O2S. The number of amides is 1. The van der Waals surface area contributed by atoms with Crippen LogP contribution < -0.4 is 10.6 Å². The minimum Gasteiger partial charge on any atom is -0.368 e. The van der Waals surface area contributed by atoms with Crippen LogP contribution in [0.5, 0.6) is 0 Å². The van der Waals surface area contributed by atoms with Crippen molar-refractivity contribution in [3.8, 4) is 12.3 Å². The number of piperidine rings is 1. The van der Waals surface area contributed by atoms with Crippen LogP contribution >= 0.6 is 11.8 Å². The first-order valence-corrected chi connectivity index (χ1v) is 7.08. The maximum atomic E-state index is 11.4. The van der Waals surface area contributed by atoms with Crippen molar-refractivity contribution in [3.63, 3.8) is 0 Å². The Balaban J connectivity index is 1.95. The van der Waals surface area contributed by atoms with Crippen molar-refractivity contribution >= 4 is 17.7 Å². The highest BCUT2D eigenvalue weighted by Gasteiger charge is 2.14. The summed E-state index contributed by atoms with van der Waals surface area (Å²) >= 11 is 1.64. The summed E-state index contributed by atoms with van der Waals surface area (Å²) in [5.41, 5.74) is 0. The Bertz CT molecular complexity index is 260. The Kier molecular flexibility index (Phi) is 7.89. The first-order chi connectivity index (χ1) is 8.33. The molecule has 1 rings (SSSR count). The van der Waals surface area contributed by atoms with Crippen LogP contribution in [0.25, 0.3) is 0 Å². The van der Waals surface area contributed by atoms with Crippen molar-refractivity contribution < 1.29 is 9.53 Å². The lowest BCUT2D eigenvalue weighted by molar-refractivity contribution is -0.128. The van der Waals surface area contributed by atoms with E-state index in [0.29, 0.717) is 12.3 Å². The number of carbonyl (C=O) groups excluding carboxylic acids is 1. The molecule has 0 aromatic rings. The highest BCUT2D eigenvalue weighted by atomic mass is 32.2. The van der Waals surface area contributed by atoms with Gasteiger partial charge in [-0.3, -0.25) is 4.79 Å². The van der Waals surface area contributed by atoms with Gasteiger partial charge in [-0.25, -0.2) is 0 Å². The Morgan fingerprint density at radius 3 is 3.00 bits per heavy atom. The van der Waals surface area contributed by atoms with Gasteiger partial charge in [0.15, 0.2) is 0 Å². The van der Waals surface area contributed by atoms with Gasteiger partial charge >= 0.3 is 0 Å². The van der Waals surface area contributed by atoms with Crippen LogP contribution in [0.15, 0.2) is 0 Å². The highest BCUT2D eigenvalue weighted by molar-refractivity contribution is 7.99. The van der Waals surface area contributed by atoms with E-state index in [2.05, 4.69) is 16.6 Å². The quantitative estimate of drug-likeness (QED) is 0.506. The van der Waals surface area contributed by atoms with Gasteiger partial charge in [0.1, 0.15) is 6.61 Å². The molecule has 0 aromatic heterocycles. The summed E-state index contributed by atoms with van der Waals surface area (Å²) in [6.07, 6.45) is 7.33. The van der Waals surface area contributed by atoms with Gasteiger partial charge in [-0.2, -0.15) is 0 Å². The number of terminal acetylenes is 1. The maximum Gasteiger partial charge on any atom is 0.246 e. The van der Waals surface area contributed by atoms with Crippen molar-refractivity contribution in [1.29, 1.82) is 0 Å². The molecule has 0 unspecified atom stereocenters. The van der Waals surface area contributed by atoms with Gasteiger partial charge in [-0.1, -0.05) is 5.92 Å². The van der Waals surface area contributed by atoms with Crippen LogP contribution in [0.4, 0.5) is 0 Å². The molecule has 2 N–H and O–H groups in total. The molecule has 0 bridgehead atoms. The van der Waals surface area contributed by atoms with Crippen molar-refractivity contribution in [2.45, 2.75) is 18.9 Å². The predicted molar refractivity (Wildman–Crippen MR) is 71.0 cm³/mol. The van der Waals surface area contributed by atoms with Gasteiger partial charge in [-0.05, 0) is 25.9 Å². The van der Waals surface area contributed by atoms with E-state index in [9.17, 15) is 4.79 Å². The molecule has 96 valence electrons. The van der Waals surface area contributed by atoms with Gasteiger partial charge in [0, 0.05) is 12.3 Å². The van der Waals surface area contributed by atoms with Gasteiger partial charge in [0.2, 0.25) is 5.91 Å². The Labute approximate surface area is 107 Å². The molecule has 17 heavy (non-hydrogen) atoms. The van der Waals surface area contributed by atoms with Gasteiger partial charge in [0.25, 0.3) is 0 Å². The summed E-state index contributed by atoms with van der Waals surface area (Å²) in [5, 5.41) is 6.07. The normalized spacial score (nSPS) is 16.4. The molecule has 1 aliphatic rings. The molecule has 4 nitrogen and oxygen atoms in total. The van der Waals surface area contributed by atoms with Crippen molar-refractivity contribution in [2.24, 2.45) is 0 Å². The van der Waals surface area contributed by atoms with Gasteiger partial charge in [-0.15, -0.1) is 18.2 Å². The third kappa shape index (κ3) is 7.27. The van der Waals surface area contributed by atoms with Crippen LogP contribution in [0.3, 0.4) is 0 Å². The molecule has 1 aliphatic heterocycles. The maximum absolute atomic E-state index is 11.4. The van der Waals surface area contributed by atoms with Crippen molar-refractivity contribution in [1.82, 2.24) is 10.6 Å². The lowest BCUT2D eigenvalue weighted by Gasteiger charge is -2.22. The fourth-order valence-corrected chi connectivity index (χ4v) is 2.11. The number of carbonyl (C=O) groups is 1. The van der Waals surface area contributed by atoms with E-state index < -0.39 is 0 Å². The number of ether oxygens (including phenoxy) is 1. The summed E-state index contributed by atoms with van der Waals surface area (Å²) in [7, 11) is 0. The number of nitrogens with one attached hydrogen (secondary N) is 2. The third-order valence-corrected chi connectivity index (χ3v) is 3.35. The second-order valence-electron chi connectivity index (χ2n) is 3.87. The van der Waals surface area contributed by atoms with E-state index in [-0.39, 0.29) is 18.6 Å². The van der Waals surface area contributed by atoms with E-state index in [1.54, 1.807) is 11.8 Å². The zero-order valence-corrected chi connectivity index (χ0v) is 10.9. The monoisotopic (exact) mass is 256 g/mol. The second kappa shape index (κ2) is 9.34. The van der Waals surface area contributed by atoms with Crippen LogP contribution in [0, 0.1) is 12.3 Å². The van der Waals surface area contributed by atoms with E-state index in [1.165, 1.54) is 0 Å². The molecule has 0 aliphatic carbocycles.